The van der Waals surface area contributed by atoms with Gasteiger partial charge in [0, 0.05) is 18.1 Å². The van der Waals surface area contributed by atoms with Gasteiger partial charge in [-0.15, -0.1) is 0 Å². The van der Waals surface area contributed by atoms with Crippen molar-refractivity contribution in [3.63, 3.8) is 0 Å². The van der Waals surface area contributed by atoms with Crippen LogP contribution < -0.4 is 0 Å². The van der Waals surface area contributed by atoms with E-state index in [2.05, 4.69) is 48.5 Å². The summed E-state index contributed by atoms with van der Waals surface area (Å²) in [6, 6.07) is 0. The van der Waals surface area contributed by atoms with Crippen LogP contribution in [0.3, 0.4) is 0 Å². The van der Waals surface area contributed by atoms with E-state index in [-0.39, 0.29) is 0 Å². The fourth-order valence-corrected chi connectivity index (χ4v) is 1.46. The van der Waals surface area contributed by atoms with Gasteiger partial charge in [0.1, 0.15) is 0 Å². The first kappa shape index (κ1) is 7.41. The van der Waals surface area contributed by atoms with E-state index in [1.807, 2.05) is 0 Å². The Morgan fingerprint density at radius 2 is 2.17 bits per heavy atom. The van der Waals surface area contributed by atoms with Gasteiger partial charge in [-0.25, -0.2) is 0 Å². The molecule has 2 aliphatic rings. The summed E-state index contributed by atoms with van der Waals surface area (Å²) in [4.78, 5) is 2.18. The molecule has 0 fully saturated rings. The first-order valence-electron chi connectivity index (χ1n) is 4.38. The summed E-state index contributed by atoms with van der Waals surface area (Å²) in [5, 5.41) is 0. The van der Waals surface area contributed by atoms with Crippen molar-refractivity contribution in [2.45, 2.75) is 19.8 Å². The first-order valence-corrected chi connectivity index (χ1v) is 4.38. The van der Waals surface area contributed by atoms with Crippen LogP contribution in [0.15, 0.2) is 48.0 Å². The average molecular weight is 159 g/mol. The van der Waals surface area contributed by atoms with E-state index in [0.717, 1.165) is 12.8 Å². The molecule has 0 atom stereocenters. The summed E-state index contributed by atoms with van der Waals surface area (Å²) in [6.45, 7) is 2.12. The van der Waals surface area contributed by atoms with Crippen molar-refractivity contribution in [2.24, 2.45) is 0 Å². The third kappa shape index (κ3) is 1.35. The summed E-state index contributed by atoms with van der Waals surface area (Å²) < 4.78 is 0. The molecule has 0 aromatic carbocycles. The third-order valence-corrected chi connectivity index (χ3v) is 2.11. The summed E-state index contributed by atoms with van der Waals surface area (Å²) in [7, 11) is 0. The minimum absolute atomic E-state index is 1.15. The Morgan fingerprint density at radius 3 is 3.08 bits per heavy atom. The van der Waals surface area contributed by atoms with Gasteiger partial charge in [-0.05, 0) is 31.4 Å². The monoisotopic (exact) mass is 159 g/mol. The molecule has 12 heavy (non-hydrogen) atoms. The number of nitrogens with zero attached hydrogens (tertiary/aromatic N) is 1. The standard InChI is InChI=1S/C11H13N/c1-10-6-7-11-5-3-2-4-8-12(11)9-10/h4-9H,2-3H2,1H3. The van der Waals surface area contributed by atoms with Crippen LogP contribution in [0.4, 0.5) is 0 Å². The van der Waals surface area contributed by atoms with Crippen LogP contribution in [-0.4, -0.2) is 4.90 Å². The van der Waals surface area contributed by atoms with Crippen molar-refractivity contribution in [3.05, 3.63) is 48.0 Å². The van der Waals surface area contributed by atoms with E-state index in [1.54, 1.807) is 0 Å². The van der Waals surface area contributed by atoms with Crippen LogP contribution in [0.25, 0.3) is 0 Å². The van der Waals surface area contributed by atoms with Crippen molar-refractivity contribution in [1.29, 1.82) is 0 Å². The highest BCUT2D eigenvalue weighted by Crippen LogP contribution is 2.20. The van der Waals surface area contributed by atoms with Crippen molar-refractivity contribution in [2.75, 3.05) is 0 Å². The maximum Gasteiger partial charge on any atom is 0.0409 e. The van der Waals surface area contributed by atoms with Gasteiger partial charge in [0.05, 0.1) is 0 Å². The van der Waals surface area contributed by atoms with Crippen molar-refractivity contribution < 1.29 is 0 Å². The zero-order valence-corrected chi connectivity index (χ0v) is 7.33. The molecule has 62 valence electrons. The van der Waals surface area contributed by atoms with Crippen molar-refractivity contribution in [3.8, 4) is 0 Å². The van der Waals surface area contributed by atoms with Crippen LogP contribution in [-0.2, 0) is 0 Å². The lowest BCUT2D eigenvalue weighted by Crippen LogP contribution is -2.09. The van der Waals surface area contributed by atoms with Crippen LogP contribution >= 0.6 is 0 Å². The summed E-state index contributed by atoms with van der Waals surface area (Å²) in [6.07, 6.45) is 15.4. The maximum absolute atomic E-state index is 2.28. The molecule has 0 amide bonds. The number of fused-ring (bicyclic) bond motifs is 1. The van der Waals surface area contributed by atoms with Crippen molar-refractivity contribution in [1.82, 2.24) is 4.90 Å². The zero-order chi connectivity index (χ0) is 8.39. The van der Waals surface area contributed by atoms with E-state index in [1.165, 1.54) is 11.3 Å². The molecule has 1 heteroatoms. The Balaban J connectivity index is 2.33. The minimum Gasteiger partial charge on any atom is -0.324 e. The van der Waals surface area contributed by atoms with Gasteiger partial charge >= 0.3 is 0 Å². The Kier molecular flexibility index (Phi) is 1.86. The topological polar surface area (TPSA) is 3.24 Å². The second-order valence-corrected chi connectivity index (χ2v) is 3.20. The molecular weight excluding hydrogens is 146 g/mol. The van der Waals surface area contributed by atoms with Crippen LogP contribution in [0.1, 0.15) is 19.8 Å². The number of rotatable bonds is 0. The molecule has 0 aromatic rings. The molecule has 1 nitrogen and oxygen atoms in total. The number of hydrogen-bond acceptors (Lipinski definition) is 1. The van der Waals surface area contributed by atoms with Gasteiger partial charge < -0.3 is 4.90 Å². The number of allylic oxidation sites excluding steroid dienone is 5. The van der Waals surface area contributed by atoms with E-state index >= 15 is 0 Å². The molecule has 0 unspecified atom stereocenters. The van der Waals surface area contributed by atoms with E-state index in [0.29, 0.717) is 0 Å². The molecule has 2 aliphatic heterocycles. The fourth-order valence-electron chi connectivity index (χ4n) is 1.46. The Morgan fingerprint density at radius 1 is 1.25 bits per heavy atom. The molecule has 0 N–H and O–H groups in total. The summed E-state index contributed by atoms with van der Waals surface area (Å²) in [5.41, 5.74) is 2.60. The lowest BCUT2D eigenvalue weighted by Gasteiger charge is -2.20. The second-order valence-electron chi connectivity index (χ2n) is 3.20. The van der Waals surface area contributed by atoms with Crippen LogP contribution in [0.2, 0.25) is 0 Å². The van der Waals surface area contributed by atoms with Gasteiger partial charge in [-0.3, -0.25) is 0 Å². The van der Waals surface area contributed by atoms with E-state index < -0.39 is 0 Å². The van der Waals surface area contributed by atoms with Gasteiger partial charge in [-0.2, -0.15) is 0 Å². The third-order valence-electron chi connectivity index (χ3n) is 2.11. The summed E-state index contributed by atoms with van der Waals surface area (Å²) in [5.74, 6) is 0. The SMILES string of the molecule is CC1=CN2C=CCCC=C2C=C1. The first-order chi connectivity index (χ1) is 5.86. The fraction of sp³-hybridized carbons (Fsp3) is 0.273. The smallest absolute Gasteiger partial charge is 0.0409 e. The predicted molar refractivity (Wildman–Crippen MR) is 51.2 cm³/mol. The quantitative estimate of drug-likeness (QED) is 0.525. The molecule has 0 aliphatic carbocycles. The zero-order valence-electron chi connectivity index (χ0n) is 7.33. The lowest BCUT2D eigenvalue weighted by molar-refractivity contribution is 0.639. The highest BCUT2D eigenvalue weighted by atomic mass is 15.1. The lowest BCUT2D eigenvalue weighted by atomic mass is 10.2. The van der Waals surface area contributed by atoms with Gasteiger partial charge in [0.2, 0.25) is 0 Å². The molecule has 0 spiro atoms. The molecule has 2 rings (SSSR count). The molecule has 0 saturated heterocycles. The maximum atomic E-state index is 2.28. The highest BCUT2D eigenvalue weighted by Gasteiger charge is 2.06. The molecule has 0 radical (unpaired) electrons. The second kappa shape index (κ2) is 3.02. The van der Waals surface area contributed by atoms with Crippen LogP contribution in [0.5, 0.6) is 0 Å². The molecule has 0 bridgehead atoms. The Hall–Kier alpha value is -1.24. The van der Waals surface area contributed by atoms with Crippen LogP contribution in [0, 0.1) is 0 Å². The van der Waals surface area contributed by atoms with Gasteiger partial charge in [-0.1, -0.05) is 18.2 Å². The highest BCUT2D eigenvalue weighted by molar-refractivity contribution is 5.35. The molecular formula is C11H13N. The molecule has 2 heterocycles. The predicted octanol–water partition coefficient (Wildman–Crippen LogP) is 2.95. The normalized spacial score (nSPS) is 21.2. The average Bonchev–Trinajstić information content (AvgIpc) is 2.28. The molecule has 0 aromatic heterocycles. The Bertz CT molecular complexity index is 292. The van der Waals surface area contributed by atoms with Gasteiger partial charge in [0.25, 0.3) is 0 Å². The summed E-state index contributed by atoms with van der Waals surface area (Å²) >= 11 is 0. The number of hydrogen-bond donors (Lipinski definition) is 0. The van der Waals surface area contributed by atoms with E-state index in [4.69, 9.17) is 0 Å². The largest absolute Gasteiger partial charge is 0.324 e. The molecule has 0 saturated carbocycles. The Labute approximate surface area is 73.4 Å². The van der Waals surface area contributed by atoms with E-state index in [9.17, 15) is 0 Å². The minimum atomic E-state index is 1.15. The van der Waals surface area contributed by atoms with Gasteiger partial charge in [0.15, 0.2) is 0 Å². The van der Waals surface area contributed by atoms with Crippen molar-refractivity contribution >= 4 is 0 Å².